The molecule has 2 aromatic carbocycles. The topological polar surface area (TPSA) is 117 Å². The molecule has 7 N–H and O–H groups in total. The predicted octanol–water partition coefficient (Wildman–Crippen LogP) is 1.74. The Morgan fingerprint density at radius 3 is 2.59 bits per heavy atom. The minimum atomic E-state index is -0.695. The van der Waals surface area contributed by atoms with Crippen molar-refractivity contribution in [1.82, 2.24) is 10.3 Å². The molecule has 142 valence electrons. The first kappa shape index (κ1) is 19.0. The van der Waals surface area contributed by atoms with Crippen molar-refractivity contribution >= 4 is 16.8 Å². The third-order valence-electron chi connectivity index (χ3n) is 4.44. The van der Waals surface area contributed by atoms with Crippen LogP contribution in [0.3, 0.4) is 0 Å². The largest absolute Gasteiger partial charge is 0.392 e. The minimum absolute atomic E-state index is 0.123. The van der Waals surface area contributed by atoms with Crippen LogP contribution < -0.4 is 16.8 Å². The number of rotatable bonds is 7. The fraction of sp³-hybridized carbons (Fsp3) is 0.250. The molecule has 3 aromatic rings. The Morgan fingerprint density at radius 1 is 1.19 bits per heavy atom. The second-order valence-electron chi connectivity index (χ2n) is 6.52. The van der Waals surface area contributed by atoms with Crippen LogP contribution in [0, 0.1) is 5.82 Å². The molecular formula is C20H23FN4O2. The van der Waals surface area contributed by atoms with E-state index in [9.17, 15) is 14.3 Å². The Morgan fingerprint density at radius 2 is 1.89 bits per heavy atom. The first-order valence-corrected chi connectivity index (χ1v) is 8.78. The Kier molecular flexibility index (Phi) is 5.85. The molecule has 0 fully saturated rings. The number of benzene rings is 2. The van der Waals surface area contributed by atoms with Crippen LogP contribution in [-0.2, 0) is 0 Å². The number of aliphatic hydroxyl groups is 1. The Labute approximate surface area is 156 Å². The molecule has 2 atom stereocenters. The summed E-state index contributed by atoms with van der Waals surface area (Å²) in [6.45, 7) is 0.326. The molecule has 0 bridgehead atoms. The number of aromatic amines is 1. The van der Waals surface area contributed by atoms with Crippen molar-refractivity contribution < 1.29 is 14.3 Å². The maximum absolute atomic E-state index is 13.3. The van der Waals surface area contributed by atoms with Crippen molar-refractivity contribution in [3.63, 3.8) is 0 Å². The van der Waals surface area contributed by atoms with E-state index in [0.29, 0.717) is 17.7 Å². The molecule has 7 heteroatoms. The lowest BCUT2D eigenvalue weighted by Gasteiger charge is -2.16. The predicted molar refractivity (Wildman–Crippen MR) is 104 cm³/mol. The highest BCUT2D eigenvalue weighted by Gasteiger charge is 2.20. The number of carbonyl (C=O) groups excluding carboxylic acids is 1. The summed E-state index contributed by atoms with van der Waals surface area (Å²) in [6, 6.07) is 13.1. The highest BCUT2D eigenvalue weighted by atomic mass is 19.1. The summed E-state index contributed by atoms with van der Waals surface area (Å²) in [6.07, 6.45) is -0.395. The van der Waals surface area contributed by atoms with Crippen molar-refractivity contribution in [2.45, 2.75) is 18.6 Å². The fourth-order valence-electron chi connectivity index (χ4n) is 3.07. The zero-order valence-corrected chi connectivity index (χ0v) is 14.8. The van der Waals surface area contributed by atoms with Gasteiger partial charge in [-0.1, -0.05) is 30.3 Å². The number of hydrogen-bond acceptors (Lipinski definition) is 4. The van der Waals surface area contributed by atoms with Crippen molar-refractivity contribution in [3.8, 4) is 11.1 Å². The SMILES string of the molecule is NCC(O)C[C@H](N)CNC(=O)c1[nH]c2ccccc2c1-c1ccc(F)cc1. The van der Waals surface area contributed by atoms with Crippen molar-refractivity contribution in [1.29, 1.82) is 0 Å². The number of H-pyrrole nitrogens is 1. The zero-order valence-electron chi connectivity index (χ0n) is 14.8. The number of aliphatic hydroxyl groups excluding tert-OH is 1. The normalized spacial score (nSPS) is 13.5. The number of halogens is 1. The van der Waals surface area contributed by atoms with Gasteiger partial charge in [-0.3, -0.25) is 4.79 Å². The molecule has 1 amide bonds. The Balaban J connectivity index is 1.88. The fourth-order valence-corrected chi connectivity index (χ4v) is 3.07. The van der Waals surface area contributed by atoms with Gasteiger partial charge in [-0.15, -0.1) is 0 Å². The van der Waals surface area contributed by atoms with Gasteiger partial charge in [0.1, 0.15) is 11.5 Å². The van der Waals surface area contributed by atoms with Crippen LogP contribution in [0.15, 0.2) is 48.5 Å². The number of para-hydroxylation sites is 1. The van der Waals surface area contributed by atoms with E-state index in [1.165, 1.54) is 12.1 Å². The first-order valence-electron chi connectivity index (χ1n) is 8.78. The molecule has 1 unspecified atom stereocenters. The molecule has 0 spiro atoms. The van der Waals surface area contributed by atoms with E-state index in [-0.39, 0.29) is 24.8 Å². The standard InChI is InChI=1S/C20H23FN4O2/c21-13-7-5-12(6-8-13)18-16-3-1-2-4-17(16)25-19(18)20(27)24-11-14(23)9-15(26)10-22/h1-8,14-15,25-26H,9-11,22-23H2,(H,24,27)/t14-,15?/m0/s1. The van der Waals surface area contributed by atoms with Gasteiger partial charge >= 0.3 is 0 Å². The number of hydrogen-bond donors (Lipinski definition) is 5. The molecule has 1 aromatic heterocycles. The molecule has 0 radical (unpaired) electrons. The van der Waals surface area contributed by atoms with Gasteiger partial charge in [0.2, 0.25) is 0 Å². The van der Waals surface area contributed by atoms with E-state index >= 15 is 0 Å². The molecule has 0 aliphatic rings. The summed E-state index contributed by atoms with van der Waals surface area (Å²) >= 11 is 0. The van der Waals surface area contributed by atoms with Crippen molar-refractivity contribution in [3.05, 3.63) is 60.0 Å². The van der Waals surface area contributed by atoms with Crippen LogP contribution in [0.5, 0.6) is 0 Å². The first-order chi connectivity index (χ1) is 13.0. The lowest BCUT2D eigenvalue weighted by Crippen LogP contribution is -2.40. The molecule has 6 nitrogen and oxygen atoms in total. The van der Waals surface area contributed by atoms with E-state index in [2.05, 4.69) is 10.3 Å². The molecule has 0 saturated carbocycles. The van der Waals surface area contributed by atoms with Gasteiger partial charge in [0.05, 0.1) is 6.10 Å². The molecule has 0 aliphatic heterocycles. The van der Waals surface area contributed by atoms with Crippen LogP contribution in [0.1, 0.15) is 16.9 Å². The Hall–Kier alpha value is -2.74. The van der Waals surface area contributed by atoms with Gasteiger partial charge in [0.25, 0.3) is 5.91 Å². The molecule has 1 heterocycles. The van der Waals surface area contributed by atoms with Gasteiger partial charge in [0, 0.05) is 35.6 Å². The van der Waals surface area contributed by atoms with Gasteiger partial charge in [-0.2, -0.15) is 0 Å². The second-order valence-corrected chi connectivity index (χ2v) is 6.52. The molecular weight excluding hydrogens is 347 g/mol. The van der Waals surface area contributed by atoms with Gasteiger partial charge in [-0.05, 0) is 30.2 Å². The number of fused-ring (bicyclic) bond motifs is 1. The highest BCUT2D eigenvalue weighted by molar-refractivity contribution is 6.09. The lowest BCUT2D eigenvalue weighted by molar-refractivity contribution is 0.0941. The maximum Gasteiger partial charge on any atom is 0.268 e. The summed E-state index contributed by atoms with van der Waals surface area (Å²) in [4.78, 5) is 15.9. The van der Waals surface area contributed by atoms with Crippen LogP contribution >= 0.6 is 0 Å². The molecule has 3 rings (SSSR count). The summed E-state index contributed by atoms with van der Waals surface area (Å²) < 4.78 is 13.3. The molecule has 0 saturated heterocycles. The average molecular weight is 370 g/mol. The van der Waals surface area contributed by atoms with Crippen molar-refractivity contribution in [2.75, 3.05) is 13.1 Å². The van der Waals surface area contributed by atoms with Crippen molar-refractivity contribution in [2.24, 2.45) is 11.5 Å². The van der Waals surface area contributed by atoms with E-state index in [1.807, 2.05) is 24.3 Å². The second kappa shape index (κ2) is 8.30. The Bertz CT molecular complexity index is 923. The van der Waals surface area contributed by atoms with Gasteiger partial charge in [-0.25, -0.2) is 4.39 Å². The third kappa shape index (κ3) is 4.33. The van der Waals surface area contributed by atoms with E-state index in [0.717, 1.165) is 16.5 Å². The van der Waals surface area contributed by atoms with Gasteiger partial charge < -0.3 is 26.9 Å². The van der Waals surface area contributed by atoms with Gasteiger partial charge in [0.15, 0.2) is 0 Å². The quantitative estimate of drug-likeness (QED) is 0.435. The summed E-state index contributed by atoms with van der Waals surface area (Å²) in [7, 11) is 0. The molecule has 27 heavy (non-hydrogen) atoms. The third-order valence-corrected chi connectivity index (χ3v) is 4.44. The smallest absolute Gasteiger partial charge is 0.268 e. The van der Waals surface area contributed by atoms with E-state index in [1.54, 1.807) is 12.1 Å². The number of aromatic nitrogens is 1. The van der Waals surface area contributed by atoms with Crippen LogP contribution in [0.2, 0.25) is 0 Å². The maximum atomic E-state index is 13.3. The number of nitrogens with one attached hydrogen (secondary N) is 2. The van der Waals surface area contributed by atoms with E-state index < -0.39 is 12.1 Å². The molecule has 0 aliphatic carbocycles. The van der Waals surface area contributed by atoms with Crippen LogP contribution in [0.25, 0.3) is 22.0 Å². The number of carbonyl (C=O) groups is 1. The average Bonchev–Trinajstić information content (AvgIpc) is 3.06. The van der Waals surface area contributed by atoms with Crippen LogP contribution in [-0.4, -0.2) is 41.2 Å². The zero-order chi connectivity index (χ0) is 19.4. The highest BCUT2D eigenvalue weighted by Crippen LogP contribution is 2.32. The minimum Gasteiger partial charge on any atom is -0.392 e. The summed E-state index contributed by atoms with van der Waals surface area (Å²) in [5.74, 6) is -0.655. The summed E-state index contributed by atoms with van der Waals surface area (Å²) in [5.41, 5.74) is 14.0. The summed E-state index contributed by atoms with van der Waals surface area (Å²) in [5, 5.41) is 13.2. The van der Waals surface area contributed by atoms with E-state index in [4.69, 9.17) is 11.5 Å². The number of amides is 1. The van der Waals surface area contributed by atoms with Crippen LogP contribution in [0.4, 0.5) is 4.39 Å². The number of nitrogens with two attached hydrogens (primary N) is 2. The monoisotopic (exact) mass is 370 g/mol. The lowest BCUT2D eigenvalue weighted by atomic mass is 10.0.